The van der Waals surface area contributed by atoms with Crippen molar-refractivity contribution in [2.75, 3.05) is 26.0 Å². The fraction of sp³-hybridized carbons (Fsp3) is 0.400. The van der Waals surface area contributed by atoms with Crippen molar-refractivity contribution in [2.45, 2.75) is 19.4 Å². The second kappa shape index (κ2) is 6.49. The van der Waals surface area contributed by atoms with Crippen LogP contribution in [0.15, 0.2) is 30.5 Å². The summed E-state index contributed by atoms with van der Waals surface area (Å²) in [4.78, 5) is 17.3. The van der Waals surface area contributed by atoms with Crippen molar-refractivity contribution in [2.24, 2.45) is 0 Å². The number of rotatable bonds is 6. The van der Waals surface area contributed by atoms with Gasteiger partial charge in [0.2, 0.25) is 0 Å². The Kier molecular flexibility index (Phi) is 4.70. The third kappa shape index (κ3) is 3.66. The van der Waals surface area contributed by atoms with E-state index in [9.17, 15) is 10.1 Å². The molecule has 2 rings (SSSR count). The lowest BCUT2D eigenvalue weighted by molar-refractivity contribution is -0.382. The van der Waals surface area contributed by atoms with Gasteiger partial charge in [0, 0.05) is 12.2 Å². The van der Waals surface area contributed by atoms with E-state index in [4.69, 9.17) is 0 Å². The van der Waals surface area contributed by atoms with Gasteiger partial charge in [-0.1, -0.05) is 0 Å². The summed E-state index contributed by atoms with van der Waals surface area (Å²) >= 11 is 0. The van der Waals surface area contributed by atoms with Gasteiger partial charge in [-0.2, -0.15) is 0 Å². The van der Waals surface area contributed by atoms with Crippen molar-refractivity contribution in [3.05, 3.63) is 40.6 Å². The molecule has 21 heavy (non-hydrogen) atoms. The van der Waals surface area contributed by atoms with Crippen LogP contribution in [0, 0.1) is 10.1 Å². The van der Waals surface area contributed by atoms with Crippen LogP contribution < -0.4 is 5.32 Å². The summed E-state index contributed by atoms with van der Waals surface area (Å²) in [7, 11) is 4.02. The van der Waals surface area contributed by atoms with Gasteiger partial charge in [0.05, 0.1) is 15.8 Å². The maximum Gasteiger partial charge on any atom is 0.301 e. The first-order valence-corrected chi connectivity index (χ1v) is 6.92. The minimum Gasteiger partial charge on any atom is -0.377 e. The minimum atomic E-state index is -0.342. The standard InChI is InChI=1S/C15H20N4O2/c1-11(8-10-18(2)3)17-14-7-6-13-12(5-4-9-16-13)15(14)19(20)21/h4-7,9,11,17H,8,10H2,1-3H3. The lowest BCUT2D eigenvalue weighted by Crippen LogP contribution is -2.23. The summed E-state index contributed by atoms with van der Waals surface area (Å²) in [6.07, 6.45) is 2.55. The van der Waals surface area contributed by atoms with E-state index in [2.05, 4.69) is 15.2 Å². The lowest BCUT2D eigenvalue weighted by Gasteiger charge is -2.18. The molecule has 1 atom stereocenters. The number of anilines is 1. The number of nitrogens with zero attached hydrogens (tertiary/aromatic N) is 3. The molecule has 6 heteroatoms. The number of nitro groups is 1. The second-order valence-corrected chi connectivity index (χ2v) is 5.43. The molecule has 2 aromatic rings. The Morgan fingerprint density at radius 3 is 2.81 bits per heavy atom. The molecule has 1 heterocycles. The van der Waals surface area contributed by atoms with E-state index in [1.54, 1.807) is 24.4 Å². The third-order valence-corrected chi connectivity index (χ3v) is 3.35. The van der Waals surface area contributed by atoms with Crippen molar-refractivity contribution in [1.82, 2.24) is 9.88 Å². The van der Waals surface area contributed by atoms with Crippen LogP contribution in [0.4, 0.5) is 11.4 Å². The second-order valence-electron chi connectivity index (χ2n) is 5.43. The Hall–Kier alpha value is -2.21. The monoisotopic (exact) mass is 288 g/mol. The zero-order valence-electron chi connectivity index (χ0n) is 12.5. The summed E-state index contributed by atoms with van der Waals surface area (Å²) in [5.41, 5.74) is 1.28. The first-order chi connectivity index (χ1) is 9.99. The van der Waals surface area contributed by atoms with E-state index in [0.717, 1.165) is 13.0 Å². The molecule has 0 saturated carbocycles. The van der Waals surface area contributed by atoms with Gasteiger partial charge in [0.1, 0.15) is 5.69 Å². The van der Waals surface area contributed by atoms with Crippen LogP contribution in [0.25, 0.3) is 10.9 Å². The summed E-state index contributed by atoms with van der Waals surface area (Å²) in [5, 5.41) is 15.2. The molecule has 112 valence electrons. The summed E-state index contributed by atoms with van der Waals surface area (Å²) in [6, 6.07) is 7.15. The fourth-order valence-electron chi connectivity index (χ4n) is 2.24. The zero-order chi connectivity index (χ0) is 15.4. The highest BCUT2D eigenvalue weighted by Gasteiger charge is 2.19. The molecule has 0 radical (unpaired) electrons. The van der Waals surface area contributed by atoms with Gasteiger partial charge < -0.3 is 10.2 Å². The average molecular weight is 288 g/mol. The number of hydrogen-bond acceptors (Lipinski definition) is 5. The van der Waals surface area contributed by atoms with Crippen LogP contribution in [-0.4, -0.2) is 41.5 Å². The third-order valence-electron chi connectivity index (χ3n) is 3.35. The molecule has 0 fully saturated rings. The number of pyridine rings is 1. The molecule has 1 N–H and O–H groups in total. The average Bonchev–Trinajstić information content (AvgIpc) is 2.44. The highest BCUT2D eigenvalue weighted by molar-refractivity contribution is 5.94. The largest absolute Gasteiger partial charge is 0.377 e. The van der Waals surface area contributed by atoms with E-state index in [-0.39, 0.29) is 16.7 Å². The van der Waals surface area contributed by atoms with Gasteiger partial charge in [0.15, 0.2) is 0 Å². The Bertz CT molecular complexity index is 643. The molecule has 0 spiro atoms. The molecule has 0 amide bonds. The van der Waals surface area contributed by atoms with Crippen LogP contribution >= 0.6 is 0 Å². The molecule has 0 aliphatic heterocycles. The first kappa shape index (κ1) is 15.2. The number of nitrogens with one attached hydrogen (secondary N) is 1. The van der Waals surface area contributed by atoms with Gasteiger partial charge >= 0.3 is 5.69 Å². The first-order valence-electron chi connectivity index (χ1n) is 6.92. The molecule has 1 unspecified atom stereocenters. The molecule has 0 bridgehead atoms. The number of fused-ring (bicyclic) bond motifs is 1. The minimum absolute atomic E-state index is 0.0947. The molecule has 1 aromatic heterocycles. The number of benzene rings is 1. The van der Waals surface area contributed by atoms with Gasteiger partial charge in [-0.15, -0.1) is 0 Å². The quantitative estimate of drug-likeness (QED) is 0.653. The summed E-state index contributed by atoms with van der Waals surface area (Å²) < 4.78 is 0. The van der Waals surface area contributed by atoms with Crippen LogP contribution in [0.5, 0.6) is 0 Å². The Balaban J connectivity index is 2.31. The van der Waals surface area contributed by atoms with Crippen molar-refractivity contribution >= 4 is 22.3 Å². The lowest BCUT2D eigenvalue weighted by atomic mass is 10.1. The van der Waals surface area contributed by atoms with E-state index in [0.29, 0.717) is 16.6 Å². The van der Waals surface area contributed by atoms with Gasteiger partial charge in [-0.05, 0) is 58.3 Å². The maximum absolute atomic E-state index is 11.4. The molecule has 1 aromatic carbocycles. The summed E-state index contributed by atoms with van der Waals surface area (Å²) in [5.74, 6) is 0. The maximum atomic E-state index is 11.4. The topological polar surface area (TPSA) is 71.3 Å². The molecular weight excluding hydrogens is 268 g/mol. The van der Waals surface area contributed by atoms with Crippen LogP contribution in [0.1, 0.15) is 13.3 Å². The van der Waals surface area contributed by atoms with Crippen LogP contribution in [0.2, 0.25) is 0 Å². The molecular formula is C15H20N4O2. The smallest absolute Gasteiger partial charge is 0.301 e. The Morgan fingerprint density at radius 2 is 2.14 bits per heavy atom. The molecule has 0 aliphatic carbocycles. The van der Waals surface area contributed by atoms with Gasteiger partial charge in [-0.25, -0.2) is 0 Å². The number of aromatic nitrogens is 1. The highest BCUT2D eigenvalue weighted by atomic mass is 16.6. The van der Waals surface area contributed by atoms with E-state index < -0.39 is 0 Å². The normalized spacial score (nSPS) is 12.6. The number of hydrogen-bond donors (Lipinski definition) is 1. The predicted octanol–water partition coefficient (Wildman–Crippen LogP) is 2.90. The van der Waals surface area contributed by atoms with Crippen molar-refractivity contribution in [1.29, 1.82) is 0 Å². The van der Waals surface area contributed by atoms with E-state index in [1.807, 2.05) is 27.1 Å². The Labute approximate surface area is 123 Å². The SMILES string of the molecule is CC(CCN(C)C)Nc1ccc2ncccc2c1[N+](=O)[O-]. The van der Waals surface area contributed by atoms with Crippen molar-refractivity contribution in [3.63, 3.8) is 0 Å². The fourth-order valence-corrected chi connectivity index (χ4v) is 2.24. The molecule has 0 aliphatic rings. The van der Waals surface area contributed by atoms with Crippen molar-refractivity contribution < 1.29 is 4.92 Å². The van der Waals surface area contributed by atoms with Gasteiger partial charge in [-0.3, -0.25) is 15.1 Å². The summed E-state index contributed by atoms with van der Waals surface area (Å²) in [6.45, 7) is 2.96. The van der Waals surface area contributed by atoms with Crippen molar-refractivity contribution in [3.8, 4) is 0 Å². The van der Waals surface area contributed by atoms with Crippen LogP contribution in [0.3, 0.4) is 0 Å². The van der Waals surface area contributed by atoms with E-state index in [1.165, 1.54) is 0 Å². The molecule has 6 nitrogen and oxygen atoms in total. The van der Waals surface area contributed by atoms with Crippen LogP contribution in [-0.2, 0) is 0 Å². The Morgan fingerprint density at radius 1 is 1.38 bits per heavy atom. The zero-order valence-corrected chi connectivity index (χ0v) is 12.5. The predicted molar refractivity (Wildman–Crippen MR) is 84.7 cm³/mol. The molecule has 0 saturated heterocycles. The van der Waals surface area contributed by atoms with E-state index >= 15 is 0 Å². The highest BCUT2D eigenvalue weighted by Crippen LogP contribution is 2.32. The van der Waals surface area contributed by atoms with Gasteiger partial charge in [0.25, 0.3) is 0 Å². The number of nitro benzene ring substituents is 1.